The van der Waals surface area contributed by atoms with Crippen LogP contribution < -0.4 is 5.32 Å². The number of rotatable bonds is 5. The van der Waals surface area contributed by atoms with E-state index in [9.17, 15) is 4.79 Å². The molecule has 3 heteroatoms. The molecule has 0 heterocycles. The molecule has 0 radical (unpaired) electrons. The number of hydrogen-bond acceptors (Lipinski definition) is 2. The summed E-state index contributed by atoms with van der Waals surface area (Å²) in [6.45, 7) is 2.50. The Morgan fingerprint density at radius 1 is 1.32 bits per heavy atom. The SMILES string of the molecule is COCC(C)NC(=O)Cc1ccc2c(c1)CCCC2. The van der Waals surface area contributed by atoms with E-state index in [2.05, 4.69) is 23.5 Å². The van der Waals surface area contributed by atoms with Crippen LogP contribution in [-0.2, 0) is 28.8 Å². The molecule has 1 aliphatic carbocycles. The second-order valence-electron chi connectivity index (χ2n) is 5.41. The molecule has 0 aliphatic heterocycles. The number of amides is 1. The third-order valence-electron chi connectivity index (χ3n) is 3.60. The molecule has 1 aliphatic rings. The lowest BCUT2D eigenvalue weighted by Crippen LogP contribution is -2.36. The predicted octanol–water partition coefficient (Wildman–Crippen LogP) is 2.26. The molecule has 1 unspecified atom stereocenters. The van der Waals surface area contributed by atoms with Crippen LogP contribution in [0.4, 0.5) is 0 Å². The van der Waals surface area contributed by atoms with E-state index < -0.39 is 0 Å². The molecule has 1 aromatic rings. The largest absolute Gasteiger partial charge is 0.383 e. The fourth-order valence-electron chi connectivity index (χ4n) is 2.70. The van der Waals surface area contributed by atoms with Crippen molar-refractivity contribution < 1.29 is 9.53 Å². The van der Waals surface area contributed by atoms with Crippen LogP contribution in [0.15, 0.2) is 18.2 Å². The van der Waals surface area contributed by atoms with Crippen LogP contribution in [0.3, 0.4) is 0 Å². The normalized spacial score (nSPS) is 15.7. The number of carbonyl (C=O) groups is 1. The maximum absolute atomic E-state index is 11.9. The van der Waals surface area contributed by atoms with Crippen LogP contribution in [0.2, 0.25) is 0 Å². The van der Waals surface area contributed by atoms with Crippen molar-refractivity contribution in [2.45, 2.75) is 45.1 Å². The molecule has 1 atom stereocenters. The first-order valence-corrected chi connectivity index (χ1v) is 7.08. The zero-order valence-corrected chi connectivity index (χ0v) is 11.9. The molecule has 19 heavy (non-hydrogen) atoms. The smallest absolute Gasteiger partial charge is 0.224 e. The Balaban J connectivity index is 1.93. The lowest BCUT2D eigenvalue weighted by atomic mass is 9.90. The minimum absolute atomic E-state index is 0.0649. The average Bonchev–Trinajstić information content (AvgIpc) is 2.38. The van der Waals surface area contributed by atoms with E-state index in [4.69, 9.17) is 4.74 Å². The van der Waals surface area contributed by atoms with Crippen molar-refractivity contribution in [3.05, 3.63) is 34.9 Å². The molecule has 0 saturated carbocycles. The second-order valence-corrected chi connectivity index (χ2v) is 5.41. The van der Waals surface area contributed by atoms with Crippen molar-refractivity contribution in [2.24, 2.45) is 0 Å². The molecule has 1 aromatic carbocycles. The maximum Gasteiger partial charge on any atom is 0.224 e. The van der Waals surface area contributed by atoms with E-state index >= 15 is 0 Å². The van der Waals surface area contributed by atoms with Crippen LogP contribution in [0.5, 0.6) is 0 Å². The Bertz CT molecular complexity index is 442. The van der Waals surface area contributed by atoms with Gasteiger partial charge in [0.25, 0.3) is 0 Å². The molecule has 104 valence electrons. The van der Waals surface area contributed by atoms with Gasteiger partial charge in [-0.2, -0.15) is 0 Å². The number of ether oxygens (including phenoxy) is 1. The summed E-state index contributed by atoms with van der Waals surface area (Å²) in [5.41, 5.74) is 4.01. The standard InChI is InChI=1S/C16H23NO2/c1-12(11-19-2)17-16(18)10-13-7-8-14-5-3-4-6-15(14)9-13/h7-9,12H,3-6,10-11H2,1-2H3,(H,17,18). The van der Waals surface area contributed by atoms with E-state index in [1.807, 2.05) is 6.92 Å². The van der Waals surface area contributed by atoms with Crippen LogP contribution in [0.25, 0.3) is 0 Å². The first kappa shape index (κ1) is 14.1. The summed E-state index contributed by atoms with van der Waals surface area (Å²) in [6.07, 6.45) is 5.37. The van der Waals surface area contributed by atoms with Gasteiger partial charge in [-0.25, -0.2) is 0 Å². The molecular formula is C16H23NO2. The minimum atomic E-state index is 0.0649. The summed E-state index contributed by atoms with van der Waals surface area (Å²) in [5.74, 6) is 0.0697. The van der Waals surface area contributed by atoms with Gasteiger partial charge in [-0.1, -0.05) is 18.2 Å². The van der Waals surface area contributed by atoms with Gasteiger partial charge >= 0.3 is 0 Å². The molecule has 1 N–H and O–H groups in total. The van der Waals surface area contributed by atoms with E-state index in [1.165, 1.54) is 30.4 Å². The fraction of sp³-hybridized carbons (Fsp3) is 0.562. The highest BCUT2D eigenvalue weighted by atomic mass is 16.5. The van der Waals surface area contributed by atoms with E-state index in [1.54, 1.807) is 7.11 Å². The summed E-state index contributed by atoms with van der Waals surface area (Å²) in [5, 5.41) is 2.95. The summed E-state index contributed by atoms with van der Waals surface area (Å²) >= 11 is 0. The highest BCUT2D eigenvalue weighted by Crippen LogP contribution is 2.22. The number of methoxy groups -OCH3 is 1. The van der Waals surface area contributed by atoms with Gasteiger partial charge in [0.15, 0.2) is 0 Å². The van der Waals surface area contributed by atoms with Crippen molar-refractivity contribution in [3.8, 4) is 0 Å². The molecular weight excluding hydrogens is 238 g/mol. The molecule has 1 amide bonds. The molecule has 0 fully saturated rings. The number of benzene rings is 1. The average molecular weight is 261 g/mol. The summed E-state index contributed by atoms with van der Waals surface area (Å²) in [6, 6.07) is 6.55. The lowest BCUT2D eigenvalue weighted by molar-refractivity contribution is -0.121. The Morgan fingerprint density at radius 3 is 2.79 bits per heavy atom. The fourth-order valence-corrected chi connectivity index (χ4v) is 2.70. The number of nitrogens with one attached hydrogen (secondary N) is 1. The molecule has 2 rings (SSSR count). The molecule has 0 aromatic heterocycles. The van der Waals surface area contributed by atoms with Gasteiger partial charge in [0.05, 0.1) is 13.0 Å². The highest BCUT2D eigenvalue weighted by Gasteiger charge is 2.12. The Hall–Kier alpha value is -1.35. The van der Waals surface area contributed by atoms with Gasteiger partial charge in [0.2, 0.25) is 5.91 Å². The van der Waals surface area contributed by atoms with Crippen molar-refractivity contribution in [1.82, 2.24) is 5.32 Å². The monoisotopic (exact) mass is 261 g/mol. The summed E-state index contributed by atoms with van der Waals surface area (Å²) in [7, 11) is 1.64. The number of fused-ring (bicyclic) bond motifs is 1. The number of hydrogen-bond donors (Lipinski definition) is 1. The number of aryl methyl sites for hydroxylation is 2. The van der Waals surface area contributed by atoms with Crippen molar-refractivity contribution in [3.63, 3.8) is 0 Å². The second kappa shape index (κ2) is 6.71. The zero-order valence-electron chi connectivity index (χ0n) is 11.9. The van der Waals surface area contributed by atoms with Crippen molar-refractivity contribution >= 4 is 5.91 Å². The van der Waals surface area contributed by atoms with Gasteiger partial charge in [-0.3, -0.25) is 4.79 Å². The molecule has 0 bridgehead atoms. The van der Waals surface area contributed by atoms with E-state index in [0.717, 1.165) is 12.0 Å². The zero-order chi connectivity index (χ0) is 13.7. The minimum Gasteiger partial charge on any atom is -0.383 e. The Morgan fingerprint density at radius 2 is 2.05 bits per heavy atom. The van der Waals surface area contributed by atoms with Gasteiger partial charge in [0, 0.05) is 13.2 Å². The van der Waals surface area contributed by atoms with E-state index in [0.29, 0.717) is 13.0 Å². The predicted molar refractivity (Wildman–Crippen MR) is 76.3 cm³/mol. The van der Waals surface area contributed by atoms with Gasteiger partial charge in [-0.05, 0) is 49.3 Å². The third kappa shape index (κ3) is 4.06. The van der Waals surface area contributed by atoms with Crippen LogP contribution in [-0.4, -0.2) is 25.7 Å². The van der Waals surface area contributed by atoms with Crippen molar-refractivity contribution in [1.29, 1.82) is 0 Å². The third-order valence-corrected chi connectivity index (χ3v) is 3.60. The van der Waals surface area contributed by atoms with Crippen molar-refractivity contribution in [2.75, 3.05) is 13.7 Å². The first-order valence-electron chi connectivity index (χ1n) is 7.08. The molecule has 0 saturated heterocycles. The Kier molecular flexibility index (Phi) is 4.97. The van der Waals surface area contributed by atoms with Crippen LogP contribution in [0, 0.1) is 0 Å². The van der Waals surface area contributed by atoms with Crippen LogP contribution in [0.1, 0.15) is 36.5 Å². The van der Waals surface area contributed by atoms with E-state index in [-0.39, 0.29) is 11.9 Å². The van der Waals surface area contributed by atoms with Crippen LogP contribution >= 0.6 is 0 Å². The van der Waals surface area contributed by atoms with Gasteiger partial charge in [-0.15, -0.1) is 0 Å². The van der Waals surface area contributed by atoms with Gasteiger partial charge < -0.3 is 10.1 Å². The quantitative estimate of drug-likeness (QED) is 0.883. The molecule has 3 nitrogen and oxygen atoms in total. The topological polar surface area (TPSA) is 38.3 Å². The summed E-state index contributed by atoms with van der Waals surface area (Å²) < 4.78 is 5.01. The highest BCUT2D eigenvalue weighted by molar-refractivity contribution is 5.78. The maximum atomic E-state index is 11.9. The summed E-state index contributed by atoms with van der Waals surface area (Å²) in [4.78, 5) is 11.9. The number of carbonyl (C=O) groups excluding carboxylic acids is 1. The lowest BCUT2D eigenvalue weighted by Gasteiger charge is -2.17. The first-order chi connectivity index (χ1) is 9.19. The Labute approximate surface area is 115 Å². The van der Waals surface area contributed by atoms with Gasteiger partial charge in [0.1, 0.15) is 0 Å². The molecule has 0 spiro atoms.